The maximum Gasteiger partial charge on any atom is 0.277 e. The minimum Gasteiger partial charge on any atom is -0.391 e. The summed E-state index contributed by atoms with van der Waals surface area (Å²) in [6.45, 7) is 10.8. The van der Waals surface area contributed by atoms with Crippen LogP contribution in [0.2, 0.25) is 0 Å². The fourth-order valence-corrected chi connectivity index (χ4v) is 5.59. The quantitative estimate of drug-likeness (QED) is 0.566. The van der Waals surface area contributed by atoms with Gasteiger partial charge in [-0.05, 0) is 30.4 Å². The molecule has 0 saturated carbocycles. The van der Waals surface area contributed by atoms with Crippen LogP contribution in [-0.4, -0.2) is 63.3 Å². The number of benzene rings is 1. The topological polar surface area (TPSA) is 124 Å². The summed E-state index contributed by atoms with van der Waals surface area (Å²) < 4.78 is 0. The third-order valence-electron chi connectivity index (χ3n) is 6.84. The Morgan fingerprint density at radius 1 is 1.28 bits per heavy atom. The third kappa shape index (κ3) is 4.79. The Labute approximate surface area is 215 Å². The number of rotatable bonds is 5. The number of aliphatic imine (C=N–C) groups is 1. The Morgan fingerprint density at radius 3 is 2.50 bits per heavy atom. The molecule has 0 spiro atoms. The lowest BCUT2D eigenvalue weighted by molar-refractivity contribution is -0.139. The van der Waals surface area contributed by atoms with Crippen LogP contribution in [-0.2, 0) is 19.9 Å². The van der Waals surface area contributed by atoms with E-state index < -0.39 is 29.1 Å². The van der Waals surface area contributed by atoms with Gasteiger partial charge in [-0.15, -0.1) is 11.3 Å². The van der Waals surface area contributed by atoms with Crippen molar-refractivity contribution >= 4 is 34.9 Å². The van der Waals surface area contributed by atoms with Crippen LogP contribution in [0.5, 0.6) is 0 Å². The highest BCUT2D eigenvalue weighted by atomic mass is 32.1. The van der Waals surface area contributed by atoms with E-state index >= 15 is 0 Å². The molecule has 3 N–H and O–H groups in total. The zero-order valence-electron chi connectivity index (χ0n) is 21.5. The molecule has 0 aliphatic carbocycles. The number of thiazole rings is 1. The van der Waals surface area contributed by atoms with E-state index in [4.69, 9.17) is 0 Å². The van der Waals surface area contributed by atoms with Gasteiger partial charge in [0, 0.05) is 19.9 Å². The Bertz CT molecular complexity index is 1220. The first-order valence-electron chi connectivity index (χ1n) is 12.0. The zero-order chi connectivity index (χ0) is 26.4. The number of β-amino-alcohol motifs (C(OH)–C–C–N with tert-alkyl or cyclic N) is 1. The van der Waals surface area contributed by atoms with Crippen molar-refractivity contribution < 1.29 is 19.5 Å². The largest absolute Gasteiger partial charge is 0.391 e. The number of nitrogens with zero attached hydrogens (tertiary/aromatic N) is 3. The number of amidine groups is 1. The van der Waals surface area contributed by atoms with E-state index in [1.54, 1.807) is 23.8 Å². The number of hydrogen-bond donors (Lipinski definition) is 3. The van der Waals surface area contributed by atoms with E-state index in [9.17, 15) is 19.5 Å². The van der Waals surface area contributed by atoms with E-state index in [-0.39, 0.29) is 30.7 Å². The second-order valence-corrected chi connectivity index (χ2v) is 11.6. The number of aryl methyl sites for hydroxylation is 1. The Kier molecular flexibility index (Phi) is 6.78. The summed E-state index contributed by atoms with van der Waals surface area (Å²) in [5.41, 5.74) is 2.89. The molecule has 3 amide bonds. The Hall–Kier alpha value is -3.11. The monoisotopic (exact) mass is 511 g/mol. The van der Waals surface area contributed by atoms with Gasteiger partial charge < -0.3 is 20.6 Å². The smallest absolute Gasteiger partial charge is 0.277 e. The molecular weight excluding hydrogens is 478 g/mol. The van der Waals surface area contributed by atoms with Gasteiger partial charge in [0.25, 0.3) is 5.91 Å². The molecule has 1 aromatic carbocycles. The SMILES string of the molecule is CC(=O)N[C@H](C(=O)N1C[C@H](O)C[C@@H]1C1=NC(=O)[C@@](C)(c2ccc(-c3scnc3C)cc2)N1)C(C)(C)C. The average Bonchev–Trinajstić information content (AvgIpc) is 3.48. The van der Waals surface area contributed by atoms with Gasteiger partial charge >= 0.3 is 0 Å². The van der Waals surface area contributed by atoms with Gasteiger partial charge in [-0.25, -0.2) is 4.98 Å². The maximum atomic E-state index is 13.6. The lowest BCUT2D eigenvalue weighted by atomic mass is 9.85. The van der Waals surface area contributed by atoms with Gasteiger partial charge in [0.1, 0.15) is 17.4 Å². The lowest BCUT2D eigenvalue weighted by Gasteiger charge is -2.36. The Balaban J connectivity index is 1.58. The van der Waals surface area contributed by atoms with E-state index in [2.05, 4.69) is 20.6 Å². The second kappa shape index (κ2) is 9.40. The van der Waals surface area contributed by atoms with E-state index in [0.717, 1.165) is 21.7 Å². The van der Waals surface area contributed by atoms with E-state index in [0.29, 0.717) is 5.84 Å². The molecular formula is C26H33N5O4S. The van der Waals surface area contributed by atoms with Crippen LogP contribution < -0.4 is 10.6 Å². The highest BCUT2D eigenvalue weighted by Gasteiger charge is 2.49. The van der Waals surface area contributed by atoms with Gasteiger partial charge in [0.2, 0.25) is 11.8 Å². The predicted octanol–water partition coefficient (Wildman–Crippen LogP) is 2.37. The number of aromatic nitrogens is 1. The van der Waals surface area contributed by atoms with Crippen molar-refractivity contribution in [3.8, 4) is 10.4 Å². The van der Waals surface area contributed by atoms with Crippen molar-refractivity contribution in [3.05, 3.63) is 41.0 Å². The molecule has 1 aromatic heterocycles. The third-order valence-corrected chi connectivity index (χ3v) is 7.81. The molecule has 4 rings (SSSR count). The summed E-state index contributed by atoms with van der Waals surface area (Å²) in [6.07, 6.45) is -0.508. The fourth-order valence-electron chi connectivity index (χ4n) is 4.78. The first kappa shape index (κ1) is 26.0. The number of carbonyl (C=O) groups is 3. The van der Waals surface area contributed by atoms with Crippen LogP contribution in [0.25, 0.3) is 10.4 Å². The molecule has 2 aliphatic heterocycles. The van der Waals surface area contributed by atoms with Gasteiger partial charge in [-0.1, -0.05) is 45.0 Å². The molecule has 9 nitrogen and oxygen atoms in total. The van der Waals surface area contributed by atoms with Gasteiger partial charge in [-0.2, -0.15) is 4.99 Å². The molecule has 0 bridgehead atoms. The molecule has 2 aromatic rings. The minimum atomic E-state index is -1.10. The fraction of sp³-hybridized carbons (Fsp3) is 0.500. The number of aliphatic hydroxyl groups is 1. The molecule has 36 heavy (non-hydrogen) atoms. The maximum absolute atomic E-state index is 13.6. The number of carbonyl (C=O) groups excluding carboxylic acids is 3. The standard InChI is InChI=1S/C26H33N5O4S/c1-14-20(36-13-27-14)16-7-9-17(10-8-16)26(6)24(35)29-22(30-26)19-11-18(33)12-31(19)23(34)21(25(3,4)5)28-15(2)32/h7-10,13,18-19,21,33H,11-12H2,1-6H3,(H,28,32)(H,29,30,35)/t18-,19-,21-,26-/m1/s1. The normalized spacial score (nSPS) is 24.9. The van der Waals surface area contributed by atoms with Crippen molar-refractivity contribution in [2.24, 2.45) is 10.4 Å². The molecule has 2 aliphatic rings. The van der Waals surface area contributed by atoms with Crippen LogP contribution in [0.15, 0.2) is 34.8 Å². The molecule has 1 fully saturated rings. The second-order valence-electron chi connectivity index (χ2n) is 10.8. The highest BCUT2D eigenvalue weighted by Crippen LogP contribution is 2.34. The summed E-state index contributed by atoms with van der Waals surface area (Å²) in [5, 5.41) is 16.5. The number of aliphatic hydroxyl groups excluding tert-OH is 1. The van der Waals surface area contributed by atoms with Gasteiger partial charge in [0.15, 0.2) is 0 Å². The van der Waals surface area contributed by atoms with E-state index in [1.165, 1.54) is 11.8 Å². The molecule has 10 heteroatoms. The molecule has 192 valence electrons. The summed E-state index contributed by atoms with van der Waals surface area (Å²) in [4.78, 5) is 49.7. The molecule has 3 heterocycles. The van der Waals surface area contributed by atoms with Crippen LogP contribution >= 0.6 is 11.3 Å². The number of nitrogens with one attached hydrogen (secondary N) is 2. The number of amides is 3. The zero-order valence-corrected chi connectivity index (χ0v) is 22.3. The summed E-state index contributed by atoms with van der Waals surface area (Å²) in [6, 6.07) is 6.34. The average molecular weight is 512 g/mol. The number of likely N-dealkylation sites (tertiary alicyclic amines) is 1. The molecule has 0 radical (unpaired) electrons. The first-order valence-corrected chi connectivity index (χ1v) is 12.9. The first-order chi connectivity index (χ1) is 16.8. The van der Waals surface area contributed by atoms with Crippen molar-refractivity contribution in [1.29, 1.82) is 0 Å². The van der Waals surface area contributed by atoms with Crippen molar-refractivity contribution in [3.63, 3.8) is 0 Å². The molecule has 0 unspecified atom stereocenters. The lowest BCUT2D eigenvalue weighted by Crippen LogP contribution is -2.58. The van der Waals surface area contributed by atoms with Crippen molar-refractivity contribution in [2.45, 2.75) is 71.7 Å². The minimum absolute atomic E-state index is 0.101. The number of hydrogen-bond acceptors (Lipinski definition) is 7. The predicted molar refractivity (Wildman–Crippen MR) is 138 cm³/mol. The van der Waals surface area contributed by atoms with Crippen LogP contribution in [0, 0.1) is 12.3 Å². The molecule has 1 saturated heterocycles. The summed E-state index contributed by atoms with van der Waals surface area (Å²) in [7, 11) is 0. The van der Waals surface area contributed by atoms with Crippen LogP contribution in [0.4, 0.5) is 0 Å². The molecule has 4 atom stereocenters. The van der Waals surface area contributed by atoms with Crippen molar-refractivity contribution in [1.82, 2.24) is 20.5 Å². The van der Waals surface area contributed by atoms with Crippen LogP contribution in [0.3, 0.4) is 0 Å². The van der Waals surface area contributed by atoms with Crippen molar-refractivity contribution in [2.75, 3.05) is 6.54 Å². The summed E-state index contributed by atoms with van der Waals surface area (Å²) >= 11 is 1.56. The van der Waals surface area contributed by atoms with E-state index in [1.807, 2.05) is 52.0 Å². The summed E-state index contributed by atoms with van der Waals surface area (Å²) in [5.74, 6) is -0.628. The Morgan fingerprint density at radius 2 is 1.94 bits per heavy atom. The highest BCUT2D eigenvalue weighted by molar-refractivity contribution is 7.13. The van der Waals surface area contributed by atoms with Gasteiger partial charge in [-0.3, -0.25) is 14.4 Å². The van der Waals surface area contributed by atoms with Crippen LogP contribution in [0.1, 0.15) is 52.3 Å². The van der Waals surface area contributed by atoms with Gasteiger partial charge in [0.05, 0.1) is 28.2 Å².